The molecule has 130 valence electrons. The Morgan fingerprint density at radius 3 is 2.84 bits per heavy atom. The van der Waals surface area contributed by atoms with E-state index in [-0.39, 0.29) is 24.1 Å². The highest BCUT2D eigenvalue weighted by Crippen LogP contribution is 2.20. The second-order valence-electron chi connectivity index (χ2n) is 5.48. The van der Waals surface area contributed by atoms with E-state index in [1.165, 1.54) is 11.3 Å². The zero-order valence-corrected chi connectivity index (χ0v) is 14.8. The molecule has 0 unspecified atom stereocenters. The molecule has 3 aromatic rings. The van der Waals surface area contributed by atoms with Gasteiger partial charge in [-0.3, -0.25) is 4.79 Å². The van der Waals surface area contributed by atoms with Gasteiger partial charge in [0.2, 0.25) is 5.01 Å². The largest absolute Gasteiger partial charge is 0.461 e. The van der Waals surface area contributed by atoms with Crippen molar-refractivity contribution >= 4 is 34.2 Å². The minimum Gasteiger partial charge on any atom is -0.461 e. The molecule has 0 N–H and O–H groups in total. The highest BCUT2D eigenvalue weighted by molar-refractivity contribution is 7.11. The molecule has 0 aliphatic rings. The lowest BCUT2D eigenvalue weighted by Crippen LogP contribution is -2.13. The number of thiazole rings is 1. The molecule has 3 rings (SSSR count). The van der Waals surface area contributed by atoms with Crippen LogP contribution in [-0.4, -0.2) is 28.1 Å². The summed E-state index contributed by atoms with van der Waals surface area (Å²) in [6, 6.07) is 7.91. The molecule has 0 radical (unpaired) electrons. The number of nitrogens with zero attached hydrogens (tertiary/aromatic N) is 2. The molecule has 7 heteroatoms. The zero-order valence-electron chi connectivity index (χ0n) is 14.0. The molecule has 0 saturated carbocycles. The number of esters is 2. The Morgan fingerprint density at radius 1 is 1.24 bits per heavy atom. The van der Waals surface area contributed by atoms with E-state index < -0.39 is 5.97 Å². The van der Waals surface area contributed by atoms with Gasteiger partial charge >= 0.3 is 11.9 Å². The monoisotopic (exact) mass is 358 g/mol. The quantitative estimate of drug-likeness (QED) is 0.632. The van der Waals surface area contributed by atoms with Gasteiger partial charge in [0.25, 0.3) is 0 Å². The fourth-order valence-corrected chi connectivity index (χ4v) is 3.25. The van der Waals surface area contributed by atoms with Gasteiger partial charge in [-0.1, -0.05) is 18.2 Å². The van der Waals surface area contributed by atoms with Crippen molar-refractivity contribution in [2.45, 2.75) is 27.0 Å². The first-order valence-electron chi connectivity index (χ1n) is 7.90. The Bertz CT molecular complexity index is 913. The van der Waals surface area contributed by atoms with Gasteiger partial charge in [0, 0.05) is 22.5 Å². The van der Waals surface area contributed by atoms with Crippen molar-refractivity contribution in [2.24, 2.45) is 0 Å². The molecule has 0 atom stereocenters. The van der Waals surface area contributed by atoms with Gasteiger partial charge in [-0.25, -0.2) is 9.78 Å². The Labute approximate surface area is 149 Å². The van der Waals surface area contributed by atoms with Crippen molar-refractivity contribution < 1.29 is 19.1 Å². The summed E-state index contributed by atoms with van der Waals surface area (Å²) in [6.45, 7) is 4.21. The number of rotatable bonds is 6. The Hall–Kier alpha value is -2.67. The van der Waals surface area contributed by atoms with Crippen LogP contribution in [0.5, 0.6) is 0 Å². The number of carbonyl (C=O) groups is 2. The summed E-state index contributed by atoms with van der Waals surface area (Å²) >= 11 is 1.18. The third kappa shape index (κ3) is 3.88. The third-order valence-electron chi connectivity index (χ3n) is 3.67. The Balaban J connectivity index is 1.60. The van der Waals surface area contributed by atoms with Crippen LogP contribution in [0.3, 0.4) is 0 Å². The molecule has 0 amide bonds. The number of ether oxygens (including phenoxy) is 2. The number of hydrogen-bond acceptors (Lipinski definition) is 6. The third-order valence-corrected chi connectivity index (χ3v) is 4.54. The molecule has 25 heavy (non-hydrogen) atoms. The molecule has 2 heterocycles. The molecule has 0 fully saturated rings. The van der Waals surface area contributed by atoms with Crippen LogP contribution in [0, 0.1) is 6.92 Å². The van der Waals surface area contributed by atoms with Crippen LogP contribution in [0.1, 0.15) is 28.0 Å². The van der Waals surface area contributed by atoms with E-state index in [9.17, 15) is 9.59 Å². The SMILES string of the molecule is CCOC(=O)c1nc(COC(=O)Cn2cc(C)c3ccccc32)cs1. The average molecular weight is 358 g/mol. The van der Waals surface area contributed by atoms with Gasteiger partial charge < -0.3 is 14.0 Å². The number of para-hydroxylation sites is 1. The predicted molar refractivity (Wildman–Crippen MR) is 94.5 cm³/mol. The summed E-state index contributed by atoms with van der Waals surface area (Å²) in [6.07, 6.45) is 1.94. The zero-order chi connectivity index (χ0) is 17.8. The van der Waals surface area contributed by atoms with Gasteiger partial charge in [-0.15, -0.1) is 11.3 Å². The number of carbonyl (C=O) groups excluding carboxylic acids is 2. The maximum Gasteiger partial charge on any atom is 0.367 e. The molecule has 0 bridgehead atoms. The second kappa shape index (κ2) is 7.48. The predicted octanol–water partition coefficient (Wildman–Crippen LogP) is 3.33. The molecule has 0 aliphatic carbocycles. The topological polar surface area (TPSA) is 70.4 Å². The number of fused-ring (bicyclic) bond motifs is 1. The lowest BCUT2D eigenvalue weighted by Gasteiger charge is -2.05. The molecule has 6 nitrogen and oxygen atoms in total. The van der Waals surface area contributed by atoms with E-state index in [0.717, 1.165) is 16.5 Å². The number of benzene rings is 1. The number of aromatic nitrogens is 2. The van der Waals surface area contributed by atoms with E-state index in [1.807, 2.05) is 42.0 Å². The van der Waals surface area contributed by atoms with Crippen LogP contribution in [0.2, 0.25) is 0 Å². The molecule has 1 aromatic carbocycles. The van der Waals surface area contributed by atoms with Crippen molar-refractivity contribution in [1.29, 1.82) is 0 Å². The van der Waals surface area contributed by atoms with Crippen molar-refractivity contribution in [3.8, 4) is 0 Å². The van der Waals surface area contributed by atoms with Gasteiger partial charge in [-0.05, 0) is 25.5 Å². The average Bonchev–Trinajstić information content (AvgIpc) is 3.19. The summed E-state index contributed by atoms with van der Waals surface area (Å²) < 4.78 is 12.0. The first-order valence-corrected chi connectivity index (χ1v) is 8.78. The molecular formula is C18H18N2O4S. The summed E-state index contributed by atoms with van der Waals surface area (Å²) in [7, 11) is 0. The van der Waals surface area contributed by atoms with Crippen LogP contribution < -0.4 is 0 Å². The molecule has 0 aliphatic heterocycles. The van der Waals surface area contributed by atoms with Crippen molar-refractivity contribution in [1.82, 2.24) is 9.55 Å². The van der Waals surface area contributed by atoms with Gasteiger partial charge in [0.15, 0.2) is 0 Å². The summed E-state index contributed by atoms with van der Waals surface area (Å²) in [5, 5.41) is 3.07. The van der Waals surface area contributed by atoms with Gasteiger partial charge in [0.1, 0.15) is 13.2 Å². The normalized spacial score (nSPS) is 10.8. The Kier molecular flexibility index (Phi) is 5.14. The maximum atomic E-state index is 12.1. The van der Waals surface area contributed by atoms with Crippen LogP contribution in [0.4, 0.5) is 0 Å². The van der Waals surface area contributed by atoms with E-state index in [4.69, 9.17) is 9.47 Å². The highest BCUT2D eigenvalue weighted by Gasteiger charge is 2.14. The van der Waals surface area contributed by atoms with Gasteiger partial charge in [-0.2, -0.15) is 0 Å². The standard InChI is InChI=1S/C18H18N2O4S/c1-3-23-18(22)17-19-13(11-25-17)10-24-16(21)9-20-8-12(2)14-6-4-5-7-15(14)20/h4-8,11H,3,9-10H2,1-2H3. The fourth-order valence-electron chi connectivity index (χ4n) is 2.56. The molecule has 2 aromatic heterocycles. The smallest absolute Gasteiger partial charge is 0.367 e. The van der Waals surface area contributed by atoms with Gasteiger partial charge in [0.05, 0.1) is 12.3 Å². The first-order chi connectivity index (χ1) is 12.1. The maximum absolute atomic E-state index is 12.1. The lowest BCUT2D eigenvalue weighted by atomic mass is 10.2. The highest BCUT2D eigenvalue weighted by atomic mass is 32.1. The van der Waals surface area contributed by atoms with E-state index in [1.54, 1.807) is 12.3 Å². The van der Waals surface area contributed by atoms with Crippen LogP contribution >= 0.6 is 11.3 Å². The van der Waals surface area contributed by atoms with E-state index in [2.05, 4.69) is 4.98 Å². The van der Waals surface area contributed by atoms with Crippen molar-refractivity contribution in [3.63, 3.8) is 0 Å². The lowest BCUT2D eigenvalue weighted by molar-refractivity contribution is -0.145. The summed E-state index contributed by atoms with van der Waals surface area (Å²) in [4.78, 5) is 27.8. The summed E-state index contributed by atoms with van der Waals surface area (Å²) in [5.74, 6) is -0.814. The molecule has 0 spiro atoms. The van der Waals surface area contributed by atoms with Crippen molar-refractivity contribution in [2.75, 3.05) is 6.61 Å². The van der Waals surface area contributed by atoms with Crippen LogP contribution in [0.15, 0.2) is 35.8 Å². The number of aryl methyl sites for hydroxylation is 1. The minimum atomic E-state index is -0.459. The second-order valence-corrected chi connectivity index (χ2v) is 6.34. The number of hydrogen-bond donors (Lipinski definition) is 0. The Morgan fingerprint density at radius 2 is 2.04 bits per heavy atom. The minimum absolute atomic E-state index is 0.0346. The first kappa shape index (κ1) is 17.2. The van der Waals surface area contributed by atoms with Crippen LogP contribution in [0.25, 0.3) is 10.9 Å². The molecular weight excluding hydrogens is 340 g/mol. The van der Waals surface area contributed by atoms with Crippen LogP contribution in [-0.2, 0) is 27.4 Å². The van der Waals surface area contributed by atoms with E-state index in [0.29, 0.717) is 12.3 Å². The summed E-state index contributed by atoms with van der Waals surface area (Å²) in [5.41, 5.74) is 2.65. The van der Waals surface area contributed by atoms with E-state index >= 15 is 0 Å². The molecule has 0 saturated heterocycles. The van der Waals surface area contributed by atoms with Crippen molar-refractivity contribution in [3.05, 3.63) is 52.1 Å². The fraction of sp³-hybridized carbons (Fsp3) is 0.278.